The lowest BCUT2D eigenvalue weighted by Crippen LogP contribution is -2.16. The monoisotopic (exact) mass is 284 g/mol. The molecule has 0 atom stereocenters. The lowest BCUT2D eigenvalue weighted by molar-refractivity contribution is 0.598. The Bertz CT molecular complexity index is 658. The van der Waals surface area contributed by atoms with Gasteiger partial charge in [-0.1, -0.05) is 11.6 Å². The van der Waals surface area contributed by atoms with E-state index in [1.807, 2.05) is 0 Å². The smallest absolute Gasteiger partial charge is 0.282 e. The van der Waals surface area contributed by atoms with Gasteiger partial charge in [0.2, 0.25) is 0 Å². The summed E-state index contributed by atoms with van der Waals surface area (Å²) in [6.07, 6.45) is 2.68. The maximum atomic E-state index is 12.0. The van der Waals surface area contributed by atoms with Gasteiger partial charge in [0.05, 0.1) is 10.7 Å². The van der Waals surface area contributed by atoms with Crippen LogP contribution in [0, 0.1) is 0 Å². The van der Waals surface area contributed by atoms with E-state index in [0.717, 1.165) is 0 Å². The summed E-state index contributed by atoms with van der Waals surface area (Å²) in [5.74, 6) is 0.143. The van der Waals surface area contributed by atoms with E-state index in [-0.39, 0.29) is 16.5 Å². The summed E-state index contributed by atoms with van der Waals surface area (Å²) in [7, 11) is -3.85. The summed E-state index contributed by atoms with van der Waals surface area (Å²) >= 11 is 5.65. The maximum Gasteiger partial charge on any atom is 0.282 e. The molecule has 18 heavy (non-hydrogen) atoms. The molecule has 0 saturated carbocycles. The zero-order valence-corrected chi connectivity index (χ0v) is 10.6. The van der Waals surface area contributed by atoms with Crippen LogP contribution in [0.4, 0.5) is 11.5 Å². The molecule has 0 fully saturated rings. The zero-order chi connectivity index (χ0) is 13.2. The number of halogens is 1. The lowest BCUT2D eigenvalue weighted by atomic mass is 10.4. The number of hydrogen-bond donors (Lipinski definition) is 2. The minimum atomic E-state index is -3.85. The molecule has 2 aromatic heterocycles. The molecule has 0 bridgehead atoms. The molecule has 2 rings (SSSR count). The van der Waals surface area contributed by atoms with Crippen molar-refractivity contribution in [3.05, 3.63) is 41.7 Å². The van der Waals surface area contributed by atoms with E-state index in [9.17, 15) is 8.42 Å². The molecule has 0 saturated heterocycles. The second-order valence-corrected chi connectivity index (χ2v) is 5.40. The largest absolute Gasteiger partial charge is 0.396 e. The van der Waals surface area contributed by atoms with Crippen LogP contribution < -0.4 is 10.5 Å². The number of nitrogens with one attached hydrogen (secondary N) is 1. The highest BCUT2D eigenvalue weighted by molar-refractivity contribution is 7.92. The van der Waals surface area contributed by atoms with Crippen molar-refractivity contribution in [2.45, 2.75) is 5.03 Å². The Hall–Kier alpha value is -1.86. The highest BCUT2D eigenvalue weighted by Crippen LogP contribution is 2.18. The number of pyridine rings is 2. The number of nitrogens with zero attached hydrogens (tertiary/aromatic N) is 2. The molecular formula is C10H9ClN4O2S. The highest BCUT2D eigenvalue weighted by Gasteiger charge is 2.19. The third kappa shape index (κ3) is 2.69. The van der Waals surface area contributed by atoms with Crippen molar-refractivity contribution in [1.82, 2.24) is 9.97 Å². The topological polar surface area (TPSA) is 98.0 Å². The first-order valence-corrected chi connectivity index (χ1v) is 6.70. The fourth-order valence-electron chi connectivity index (χ4n) is 1.25. The molecule has 0 aliphatic carbocycles. The van der Waals surface area contributed by atoms with Gasteiger partial charge in [0.1, 0.15) is 5.82 Å². The van der Waals surface area contributed by atoms with Gasteiger partial charge in [-0.05, 0) is 24.3 Å². The van der Waals surface area contributed by atoms with Gasteiger partial charge in [0, 0.05) is 12.4 Å². The van der Waals surface area contributed by atoms with Crippen molar-refractivity contribution in [2.75, 3.05) is 10.5 Å². The molecule has 0 radical (unpaired) electrons. The first-order chi connectivity index (χ1) is 8.49. The Kier molecular flexibility index (Phi) is 3.35. The Balaban J connectivity index is 2.33. The molecule has 2 aromatic rings. The Morgan fingerprint density at radius 2 is 2.00 bits per heavy atom. The molecule has 0 amide bonds. The fourth-order valence-corrected chi connectivity index (χ4v) is 2.43. The van der Waals surface area contributed by atoms with Gasteiger partial charge < -0.3 is 5.73 Å². The summed E-state index contributed by atoms with van der Waals surface area (Å²) in [6.45, 7) is 0. The van der Waals surface area contributed by atoms with Crippen molar-refractivity contribution in [3.8, 4) is 0 Å². The molecule has 0 spiro atoms. The van der Waals surface area contributed by atoms with Gasteiger partial charge in [0.25, 0.3) is 10.0 Å². The predicted octanol–water partition coefficient (Wildman–Crippen LogP) is 1.51. The van der Waals surface area contributed by atoms with Gasteiger partial charge >= 0.3 is 0 Å². The molecule has 3 N–H and O–H groups in total. The number of anilines is 2. The van der Waals surface area contributed by atoms with Crippen molar-refractivity contribution in [2.24, 2.45) is 0 Å². The van der Waals surface area contributed by atoms with Crippen molar-refractivity contribution >= 4 is 33.1 Å². The number of hydrogen-bond acceptors (Lipinski definition) is 5. The van der Waals surface area contributed by atoms with Crippen LogP contribution >= 0.6 is 11.6 Å². The first-order valence-electron chi connectivity index (χ1n) is 4.84. The summed E-state index contributed by atoms with van der Waals surface area (Å²) < 4.78 is 26.2. The van der Waals surface area contributed by atoms with Crippen molar-refractivity contribution in [1.29, 1.82) is 0 Å². The van der Waals surface area contributed by atoms with E-state index in [4.69, 9.17) is 17.3 Å². The molecule has 0 unspecified atom stereocenters. The van der Waals surface area contributed by atoms with Gasteiger partial charge in [-0.3, -0.25) is 4.72 Å². The Morgan fingerprint density at radius 1 is 1.22 bits per heavy atom. The third-order valence-electron chi connectivity index (χ3n) is 2.02. The van der Waals surface area contributed by atoms with Crippen LogP contribution in [-0.4, -0.2) is 18.4 Å². The number of nitrogens with two attached hydrogens (primary N) is 1. The van der Waals surface area contributed by atoms with Crippen LogP contribution in [0.3, 0.4) is 0 Å². The van der Waals surface area contributed by atoms with Crippen molar-refractivity contribution < 1.29 is 8.42 Å². The average molecular weight is 285 g/mol. The number of aromatic nitrogens is 2. The highest BCUT2D eigenvalue weighted by atomic mass is 35.5. The van der Waals surface area contributed by atoms with Gasteiger partial charge in [-0.25, -0.2) is 9.97 Å². The van der Waals surface area contributed by atoms with Crippen LogP contribution in [0.5, 0.6) is 0 Å². The van der Waals surface area contributed by atoms with E-state index >= 15 is 0 Å². The van der Waals surface area contributed by atoms with Gasteiger partial charge in [-0.2, -0.15) is 8.42 Å². The SMILES string of the molecule is Nc1cccnc1S(=O)(=O)Nc1ccc(Cl)cn1. The van der Waals surface area contributed by atoms with Crippen molar-refractivity contribution in [3.63, 3.8) is 0 Å². The van der Waals surface area contributed by atoms with Crippen LogP contribution in [0.25, 0.3) is 0 Å². The standard InChI is InChI=1S/C10H9ClN4O2S/c11-7-3-4-9(14-6-7)15-18(16,17)10-8(12)2-1-5-13-10/h1-6H,12H2,(H,14,15). The van der Waals surface area contributed by atoms with E-state index in [0.29, 0.717) is 5.02 Å². The number of sulfonamides is 1. The quantitative estimate of drug-likeness (QED) is 0.890. The summed E-state index contributed by atoms with van der Waals surface area (Å²) in [4.78, 5) is 7.56. The third-order valence-corrected chi connectivity index (χ3v) is 3.57. The summed E-state index contributed by atoms with van der Waals surface area (Å²) in [5.41, 5.74) is 5.63. The molecule has 2 heterocycles. The van der Waals surface area contributed by atoms with E-state index in [2.05, 4.69) is 14.7 Å². The van der Waals surface area contributed by atoms with E-state index in [1.54, 1.807) is 6.07 Å². The molecule has 0 aliphatic rings. The maximum absolute atomic E-state index is 12.0. The molecule has 8 heteroatoms. The number of nitrogen functional groups attached to an aromatic ring is 1. The Morgan fingerprint density at radius 3 is 2.61 bits per heavy atom. The minimum Gasteiger partial charge on any atom is -0.396 e. The van der Waals surface area contributed by atoms with E-state index in [1.165, 1.54) is 30.6 Å². The van der Waals surface area contributed by atoms with Crippen LogP contribution in [0.15, 0.2) is 41.7 Å². The van der Waals surface area contributed by atoms with Gasteiger partial charge in [-0.15, -0.1) is 0 Å². The minimum absolute atomic E-state index is 0.0685. The van der Waals surface area contributed by atoms with E-state index < -0.39 is 10.0 Å². The number of rotatable bonds is 3. The summed E-state index contributed by atoms with van der Waals surface area (Å²) in [5, 5.41) is 0.178. The molecular weight excluding hydrogens is 276 g/mol. The molecule has 0 aromatic carbocycles. The second-order valence-electron chi connectivity index (χ2n) is 3.36. The van der Waals surface area contributed by atoms with Crippen LogP contribution in [0.1, 0.15) is 0 Å². The molecule has 0 aliphatic heterocycles. The summed E-state index contributed by atoms with van der Waals surface area (Å²) in [6, 6.07) is 5.97. The molecule has 94 valence electrons. The fraction of sp³-hybridized carbons (Fsp3) is 0. The predicted molar refractivity (Wildman–Crippen MR) is 68.7 cm³/mol. The van der Waals surface area contributed by atoms with Crippen LogP contribution in [0.2, 0.25) is 5.02 Å². The first kappa shape index (κ1) is 12.6. The van der Waals surface area contributed by atoms with Crippen LogP contribution in [-0.2, 0) is 10.0 Å². The normalized spacial score (nSPS) is 11.2. The second kappa shape index (κ2) is 4.79. The zero-order valence-electron chi connectivity index (χ0n) is 9.04. The Labute approximate surface area is 109 Å². The average Bonchev–Trinajstić information content (AvgIpc) is 2.32. The lowest BCUT2D eigenvalue weighted by Gasteiger charge is -2.07. The van der Waals surface area contributed by atoms with Gasteiger partial charge in [0.15, 0.2) is 5.03 Å². The molecule has 6 nitrogen and oxygen atoms in total.